The zero-order valence-electron chi connectivity index (χ0n) is 19.6. The molecule has 0 spiro atoms. The lowest BCUT2D eigenvalue weighted by Gasteiger charge is -2.23. The fourth-order valence-electron chi connectivity index (χ4n) is 3.35. The normalized spacial score (nSPS) is 13.3. The molecule has 1 unspecified atom stereocenters. The summed E-state index contributed by atoms with van der Waals surface area (Å²) in [6.45, 7) is 1.29. The molecule has 0 aliphatic rings. The van der Waals surface area contributed by atoms with E-state index in [-0.39, 0.29) is 0 Å². The number of phosphoric acid groups is 1. The lowest BCUT2D eigenvalue weighted by molar-refractivity contribution is -0.121. The minimum atomic E-state index is -4.74. The number of benzene rings is 2. The van der Waals surface area contributed by atoms with Crippen molar-refractivity contribution in [2.45, 2.75) is 38.1 Å². The van der Waals surface area contributed by atoms with Gasteiger partial charge in [-0.3, -0.25) is 9.32 Å². The van der Waals surface area contributed by atoms with Crippen molar-refractivity contribution < 1.29 is 28.4 Å². The van der Waals surface area contributed by atoms with Gasteiger partial charge in [-0.05, 0) is 67.8 Å². The van der Waals surface area contributed by atoms with Crippen molar-refractivity contribution >= 4 is 30.8 Å². The number of ether oxygens (including phenoxy) is 1. The minimum absolute atomic E-state index is 0.487. The van der Waals surface area contributed by atoms with Gasteiger partial charge in [0.25, 0.3) is 0 Å². The Morgan fingerprint density at radius 3 is 2.54 bits per heavy atom. The number of phosphoric ester groups is 1. The van der Waals surface area contributed by atoms with Crippen LogP contribution in [0.5, 0.6) is 5.75 Å². The number of carbonyl (C=O) groups excluding carboxylic acids is 1. The molecule has 0 saturated heterocycles. The molecule has 0 aliphatic carbocycles. The maximum Gasteiger partial charge on any atom is 0.469 e. The van der Waals surface area contributed by atoms with Gasteiger partial charge in [-0.1, -0.05) is 36.4 Å². The number of amides is 1. The zero-order valence-corrected chi connectivity index (χ0v) is 21.3. The summed E-state index contributed by atoms with van der Waals surface area (Å²) in [5.41, 5.74) is 6.95. The topological polar surface area (TPSA) is 131 Å². The number of nitrogens with one attached hydrogen (secondary N) is 1. The van der Waals surface area contributed by atoms with E-state index in [2.05, 4.69) is 34.1 Å². The van der Waals surface area contributed by atoms with Crippen LogP contribution in [0.25, 0.3) is 10.4 Å². The van der Waals surface area contributed by atoms with E-state index in [9.17, 15) is 9.36 Å². The fraction of sp³-hybridized carbons (Fsp3) is 0.320. The van der Waals surface area contributed by atoms with E-state index in [0.29, 0.717) is 18.0 Å². The van der Waals surface area contributed by atoms with Gasteiger partial charge >= 0.3 is 7.82 Å². The van der Waals surface area contributed by atoms with E-state index >= 15 is 0 Å². The lowest BCUT2D eigenvalue weighted by atomic mass is 10.0. The molecule has 35 heavy (non-hydrogen) atoms. The molecule has 0 aliphatic heterocycles. The van der Waals surface area contributed by atoms with Gasteiger partial charge in [-0.25, -0.2) is 4.57 Å². The summed E-state index contributed by atoms with van der Waals surface area (Å²) in [5, 5.41) is 4.66. The predicted molar refractivity (Wildman–Crippen MR) is 138 cm³/mol. The van der Waals surface area contributed by atoms with Crippen molar-refractivity contribution in [3.63, 3.8) is 0 Å². The second-order valence-corrected chi connectivity index (χ2v) is 10.7. The molecule has 188 valence electrons. The van der Waals surface area contributed by atoms with Crippen molar-refractivity contribution in [2.24, 2.45) is 5.73 Å². The highest BCUT2D eigenvalue weighted by atomic mass is 32.1. The van der Waals surface area contributed by atoms with Crippen LogP contribution >= 0.6 is 19.2 Å². The van der Waals surface area contributed by atoms with Crippen LogP contribution in [0, 0.1) is 0 Å². The molecule has 0 fully saturated rings. The van der Waals surface area contributed by atoms with Crippen molar-refractivity contribution in [1.82, 2.24) is 0 Å². The number of nitrogens with two attached hydrogens (primary N) is 1. The molecule has 1 amide bonds. The first-order valence-electron chi connectivity index (χ1n) is 11.3. The Hall–Kier alpha value is -2.52. The van der Waals surface area contributed by atoms with Gasteiger partial charge in [0.05, 0.1) is 13.2 Å². The number of hydrogen-bond donors (Lipinski definition) is 4. The van der Waals surface area contributed by atoms with Crippen LogP contribution in [0.4, 0.5) is 5.69 Å². The van der Waals surface area contributed by atoms with Crippen molar-refractivity contribution in [3.8, 4) is 16.2 Å². The maximum absolute atomic E-state index is 12.6. The van der Waals surface area contributed by atoms with Gasteiger partial charge in [0.2, 0.25) is 5.91 Å². The average Bonchev–Trinajstić information content (AvgIpc) is 3.36. The third-order valence-electron chi connectivity index (χ3n) is 5.29. The van der Waals surface area contributed by atoms with E-state index in [1.165, 1.54) is 12.5 Å². The molecular weight excluding hydrogens is 487 g/mol. The second-order valence-electron chi connectivity index (χ2n) is 8.47. The van der Waals surface area contributed by atoms with E-state index in [1.54, 1.807) is 29.5 Å². The van der Waals surface area contributed by atoms with Crippen LogP contribution in [0.15, 0.2) is 66.0 Å². The fourth-order valence-corrected chi connectivity index (χ4v) is 4.53. The third kappa shape index (κ3) is 8.89. The zero-order chi connectivity index (χ0) is 25.3. The molecule has 0 radical (unpaired) electrons. The number of hydrogen-bond acceptors (Lipinski definition) is 6. The van der Waals surface area contributed by atoms with Crippen LogP contribution in [-0.2, 0) is 20.3 Å². The molecule has 0 saturated carbocycles. The van der Waals surface area contributed by atoms with Crippen LogP contribution in [-0.4, -0.2) is 34.4 Å². The highest BCUT2D eigenvalue weighted by molar-refractivity contribution is 7.46. The largest absolute Gasteiger partial charge is 0.493 e. The molecule has 1 heterocycles. The van der Waals surface area contributed by atoms with Crippen LogP contribution < -0.4 is 15.8 Å². The summed E-state index contributed by atoms with van der Waals surface area (Å²) in [6, 6.07) is 19.6. The Bertz CT molecular complexity index is 1130. The Kier molecular flexibility index (Phi) is 9.63. The molecular formula is C25H31N2O6PS. The van der Waals surface area contributed by atoms with E-state index < -0.39 is 25.9 Å². The number of rotatable bonds is 13. The van der Waals surface area contributed by atoms with E-state index in [0.717, 1.165) is 36.1 Å². The maximum atomic E-state index is 12.6. The highest BCUT2D eigenvalue weighted by Crippen LogP contribution is 2.37. The van der Waals surface area contributed by atoms with Crippen molar-refractivity contribution in [3.05, 3.63) is 71.6 Å². The third-order valence-corrected chi connectivity index (χ3v) is 6.65. The van der Waals surface area contributed by atoms with Crippen LogP contribution in [0.1, 0.15) is 31.7 Å². The molecule has 8 nitrogen and oxygen atoms in total. The van der Waals surface area contributed by atoms with Gasteiger partial charge in [-0.15, -0.1) is 11.3 Å². The Morgan fingerprint density at radius 2 is 1.86 bits per heavy atom. The number of thiophene rings is 1. The monoisotopic (exact) mass is 518 g/mol. The van der Waals surface area contributed by atoms with Crippen molar-refractivity contribution in [1.29, 1.82) is 0 Å². The van der Waals surface area contributed by atoms with Gasteiger partial charge in [0.1, 0.15) is 11.3 Å². The molecule has 5 N–H and O–H groups in total. The standard InChI is InChI=1S/C25H31N2O6PS/c1-25(26,18-33-34(29,30)31)24(28)27-20-13-14-22(21(17-20)23-12-8-16-35-23)32-15-7-3-6-11-19-9-4-2-5-10-19/h2,4-5,8-10,12-14,16-17H,3,6-7,11,15,18,26H2,1H3,(H,27,28)(H2,29,30,31). The number of anilines is 1. The number of unbranched alkanes of at least 4 members (excludes halogenated alkanes) is 2. The van der Waals surface area contributed by atoms with Crippen LogP contribution in [0.2, 0.25) is 0 Å². The first-order chi connectivity index (χ1) is 16.6. The SMILES string of the molecule is CC(N)(COP(=O)(O)O)C(=O)Nc1ccc(OCCCCCc2ccccc2)c(-c2cccs2)c1. The van der Waals surface area contributed by atoms with Gasteiger partial charge in [-0.2, -0.15) is 0 Å². The summed E-state index contributed by atoms with van der Waals surface area (Å²) >= 11 is 1.56. The van der Waals surface area contributed by atoms with Crippen LogP contribution in [0.3, 0.4) is 0 Å². The average molecular weight is 519 g/mol. The molecule has 1 aromatic heterocycles. The molecule has 1 atom stereocenters. The quantitative estimate of drug-likeness (QED) is 0.186. The lowest BCUT2D eigenvalue weighted by Crippen LogP contribution is -2.52. The Morgan fingerprint density at radius 1 is 1.09 bits per heavy atom. The molecule has 10 heteroatoms. The highest BCUT2D eigenvalue weighted by Gasteiger charge is 2.32. The minimum Gasteiger partial charge on any atom is -0.493 e. The molecule has 3 rings (SSSR count). The summed E-state index contributed by atoms with van der Waals surface area (Å²) in [7, 11) is -4.74. The summed E-state index contributed by atoms with van der Waals surface area (Å²) < 4.78 is 21.4. The molecule has 3 aromatic rings. The molecule has 2 aromatic carbocycles. The number of carbonyl (C=O) groups is 1. The predicted octanol–water partition coefficient (Wildman–Crippen LogP) is 4.97. The van der Waals surface area contributed by atoms with Gasteiger partial charge in [0.15, 0.2) is 0 Å². The second kappa shape index (κ2) is 12.4. The van der Waals surface area contributed by atoms with E-state index in [4.69, 9.17) is 20.3 Å². The Labute approximate surface area is 209 Å². The first-order valence-corrected chi connectivity index (χ1v) is 13.7. The molecule has 0 bridgehead atoms. The van der Waals surface area contributed by atoms with Gasteiger partial charge < -0.3 is 25.6 Å². The first kappa shape index (κ1) is 27.1. The summed E-state index contributed by atoms with van der Waals surface area (Å²) in [6.07, 6.45) is 4.14. The van der Waals surface area contributed by atoms with Gasteiger partial charge in [0, 0.05) is 16.1 Å². The van der Waals surface area contributed by atoms with E-state index in [1.807, 2.05) is 23.6 Å². The number of aryl methyl sites for hydroxylation is 1. The summed E-state index contributed by atoms with van der Waals surface area (Å²) in [5.74, 6) is 0.0871. The van der Waals surface area contributed by atoms with Crippen molar-refractivity contribution in [2.75, 3.05) is 18.5 Å². The summed E-state index contributed by atoms with van der Waals surface area (Å²) in [4.78, 5) is 31.4. The smallest absolute Gasteiger partial charge is 0.469 e. The Balaban J connectivity index is 1.59.